The summed E-state index contributed by atoms with van der Waals surface area (Å²) < 4.78 is 21.9. The second kappa shape index (κ2) is 10.9. The van der Waals surface area contributed by atoms with Gasteiger partial charge in [-0.25, -0.2) is 9.79 Å². The lowest BCUT2D eigenvalue weighted by atomic mass is 10.1. The van der Waals surface area contributed by atoms with Gasteiger partial charge in [0.2, 0.25) is 0 Å². The molecule has 0 bridgehead atoms. The van der Waals surface area contributed by atoms with Crippen molar-refractivity contribution in [3.63, 3.8) is 0 Å². The molecule has 0 aromatic heterocycles. The number of esters is 2. The van der Waals surface area contributed by atoms with Gasteiger partial charge in [0.25, 0.3) is 5.91 Å². The number of ether oxygens (including phenoxy) is 4. The minimum atomic E-state index is -1.01. The van der Waals surface area contributed by atoms with Crippen molar-refractivity contribution >= 4 is 23.9 Å². The van der Waals surface area contributed by atoms with Gasteiger partial charge in [0.15, 0.2) is 0 Å². The van der Waals surface area contributed by atoms with Crippen LogP contribution in [-0.2, 0) is 19.1 Å². The Bertz CT molecular complexity index is 1190. The highest BCUT2D eigenvalue weighted by Gasteiger charge is 2.30. The SMILES string of the molecule is CCOC(=O)C(C)(C)NCC(COc1cccc2c1=CC(=O)N=2)OC(=O)c1cccc(OC)c1. The first-order valence-electron chi connectivity index (χ1n) is 10.9. The van der Waals surface area contributed by atoms with E-state index in [1.165, 1.54) is 13.2 Å². The minimum Gasteiger partial charge on any atom is -0.497 e. The quantitative estimate of drug-likeness (QED) is 0.489. The molecular weight excluding hydrogens is 440 g/mol. The Balaban J connectivity index is 1.76. The van der Waals surface area contributed by atoms with Crippen molar-refractivity contribution in [3.8, 4) is 11.5 Å². The van der Waals surface area contributed by atoms with Crippen LogP contribution in [0.1, 0.15) is 31.1 Å². The maximum atomic E-state index is 12.8. The van der Waals surface area contributed by atoms with Crippen molar-refractivity contribution in [3.05, 3.63) is 58.6 Å². The van der Waals surface area contributed by atoms with E-state index in [0.29, 0.717) is 27.6 Å². The Kier molecular flexibility index (Phi) is 8.01. The second-order valence-corrected chi connectivity index (χ2v) is 8.08. The molecule has 2 aromatic rings. The Morgan fingerprint density at radius 2 is 1.91 bits per heavy atom. The standard InChI is InChI=1S/C25H28N2O7/c1-5-32-24(30)25(2,3)26-14-18(34-23(29)16-8-6-9-17(12-16)31-4)15-33-21-11-7-10-20-19(21)13-22(28)27-20/h6-13,18,26H,5,14-15H2,1-4H3. The smallest absolute Gasteiger partial charge is 0.338 e. The molecule has 1 unspecified atom stereocenters. The second-order valence-electron chi connectivity index (χ2n) is 8.08. The Morgan fingerprint density at radius 3 is 2.65 bits per heavy atom. The van der Waals surface area contributed by atoms with Gasteiger partial charge in [-0.2, -0.15) is 0 Å². The zero-order valence-corrected chi connectivity index (χ0v) is 19.6. The molecule has 1 aliphatic heterocycles. The van der Waals surface area contributed by atoms with Gasteiger partial charge in [-0.15, -0.1) is 0 Å². The monoisotopic (exact) mass is 468 g/mol. The van der Waals surface area contributed by atoms with Gasteiger partial charge in [0.05, 0.1) is 24.6 Å². The summed E-state index contributed by atoms with van der Waals surface area (Å²) >= 11 is 0. The first-order valence-corrected chi connectivity index (χ1v) is 10.9. The summed E-state index contributed by atoms with van der Waals surface area (Å²) in [6.07, 6.45) is 0.627. The molecule has 0 fully saturated rings. The van der Waals surface area contributed by atoms with E-state index in [0.717, 1.165) is 0 Å². The van der Waals surface area contributed by atoms with Crippen LogP contribution in [0.25, 0.3) is 6.08 Å². The molecule has 0 aliphatic carbocycles. The van der Waals surface area contributed by atoms with Gasteiger partial charge in [-0.05, 0) is 51.1 Å². The summed E-state index contributed by atoms with van der Waals surface area (Å²) in [4.78, 5) is 40.6. The number of carbonyl (C=O) groups excluding carboxylic acids is 3. The van der Waals surface area contributed by atoms with Crippen LogP contribution in [0.3, 0.4) is 0 Å². The van der Waals surface area contributed by atoms with E-state index < -0.39 is 23.6 Å². The third-order valence-electron chi connectivity index (χ3n) is 5.10. The van der Waals surface area contributed by atoms with E-state index >= 15 is 0 Å². The van der Waals surface area contributed by atoms with Gasteiger partial charge in [-0.3, -0.25) is 14.9 Å². The number of rotatable bonds is 11. The summed E-state index contributed by atoms with van der Waals surface area (Å²) in [5.74, 6) is -0.389. The van der Waals surface area contributed by atoms with Gasteiger partial charge >= 0.3 is 11.9 Å². The fourth-order valence-corrected chi connectivity index (χ4v) is 3.21. The first kappa shape index (κ1) is 24.9. The van der Waals surface area contributed by atoms with Crippen LogP contribution >= 0.6 is 0 Å². The van der Waals surface area contributed by atoms with Gasteiger partial charge < -0.3 is 18.9 Å². The average Bonchev–Trinajstić information content (AvgIpc) is 3.21. The minimum absolute atomic E-state index is 0.0277. The topological polar surface area (TPSA) is 113 Å². The maximum Gasteiger partial charge on any atom is 0.338 e. The van der Waals surface area contributed by atoms with Crippen LogP contribution in [0.2, 0.25) is 0 Å². The van der Waals surface area contributed by atoms with E-state index in [1.54, 1.807) is 63.2 Å². The molecular formula is C25H28N2O7. The molecule has 1 N–H and O–H groups in total. The highest BCUT2D eigenvalue weighted by atomic mass is 16.6. The number of benzene rings is 2. The molecule has 1 atom stereocenters. The van der Waals surface area contributed by atoms with Crippen molar-refractivity contribution in [2.45, 2.75) is 32.4 Å². The number of nitrogens with zero attached hydrogens (tertiary/aromatic N) is 1. The number of carbonyl (C=O) groups is 3. The van der Waals surface area contributed by atoms with E-state index in [-0.39, 0.29) is 25.7 Å². The molecule has 0 spiro atoms. The van der Waals surface area contributed by atoms with E-state index in [2.05, 4.69) is 10.3 Å². The molecule has 3 rings (SSSR count). The van der Waals surface area contributed by atoms with E-state index in [9.17, 15) is 14.4 Å². The van der Waals surface area contributed by atoms with Crippen molar-refractivity contribution in [2.24, 2.45) is 4.99 Å². The number of hydrogen-bond acceptors (Lipinski definition) is 8. The molecule has 2 aromatic carbocycles. The lowest BCUT2D eigenvalue weighted by Crippen LogP contribution is -2.51. The molecule has 0 saturated carbocycles. The van der Waals surface area contributed by atoms with Crippen LogP contribution in [0, 0.1) is 0 Å². The summed E-state index contributed by atoms with van der Waals surface area (Å²) in [5.41, 5.74) is -0.698. The molecule has 34 heavy (non-hydrogen) atoms. The van der Waals surface area contributed by atoms with E-state index in [4.69, 9.17) is 18.9 Å². The van der Waals surface area contributed by atoms with Crippen LogP contribution in [0.15, 0.2) is 47.5 Å². The average molecular weight is 469 g/mol. The van der Waals surface area contributed by atoms with Crippen molar-refractivity contribution in [2.75, 3.05) is 26.9 Å². The molecule has 0 saturated heterocycles. The first-order chi connectivity index (χ1) is 16.2. The molecule has 9 nitrogen and oxygen atoms in total. The normalized spacial score (nSPS) is 13.2. The fraction of sp³-hybridized carbons (Fsp3) is 0.360. The lowest BCUT2D eigenvalue weighted by Gasteiger charge is -2.27. The molecule has 1 aliphatic rings. The zero-order chi connectivity index (χ0) is 24.7. The predicted molar refractivity (Wildman–Crippen MR) is 123 cm³/mol. The molecule has 9 heteroatoms. The van der Waals surface area contributed by atoms with Crippen LogP contribution in [-0.4, -0.2) is 56.4 Å². The summed E-state index contributed by atoms with van der Waals surface area (Å²) in [6.45, 7) is 5.43. The summed E-state index contributed by atoms with van der Waals surface area (Å²) in [7, 11) is 1.51. The number of nitrogens with one attached hydrogen (secondary N) is 1. The van der Waals surface area contributed by atoms with Crippen molar-refractivity contribution < 1.29 is 33.3 Å². The number of methoxy groups -OCH3 is 1. The van der Waals surface area contributed by atoms with Crippen LogP contribution < -0.4 is 25.4 Å². The molecule has 1 heterocycles. The highest BCUT2D eigenvalue weighted by molar-refractivity contribution is 6.06. The third-order valence-corrected chi connectivity index (χ3v) is 5.10. The Hall–Kier alpha value is -3.72. The van der Waals surface area contributed by atoms with Crippen LogP contribution in [0.4, 0.5) is 0 Å². The fourth-order valence-electron chi connectivity index (χ4n) is 3.21. The van der Waals surface area contributed by atoms with Crippen molar-refractivity contribution in [1.82, 2.24) is 5.32 Å². The summed E-state index contributed by atoms with van der Waals surface area (Å²) in [6, 6.07) is 11.7. The van der Waals surface area contributed by atoms with Gasteiger partial charge in [0.1, 0.15) is 29.7 Å². The van der Waals surface area contributed by atoms with Gasteiger partial charge in [0, 0.05) is 17.8 Å². The van der Waals surface area contributed by atoms with Gasteiger partial charge in [-0.1, -0.05) is 12.1 Å². The maximum absolute atomic E-state index is 12.8. The van der Waals surface area contributed by atoms with Crippen molar-refractivity contribution in [1.29, 1.82) is 0 Å². The predicted octanol–water partition coefficient (Wildman–Crippen LogP) is 1.17. The highest BCUT2D eigenvalue weighted by Crippen LogP contribution is 2.15. The zero-order valence-electron chi connectivity index (χ0n) is 19.6. The van der Waals surface area contributed by atoms with Crippen LogP contribution in [0.5, 0.6) is 11.5 Å². The lowest BCUT2D eigenvalue weighted by molar-refractivity contribution is -0.149. The largest absolute Gasteiger partial charge is 0.497 e. The molecule has 180 valence electrons. The number of fused-ring (bicyclic) bond motifs is 1. The Morgan fingerprint density at radius 1 is 1.15 bits per heavy atom. The summed E-state index contributed by atoms with van der Waals surface area (Å²) in [5, 5.41) is 4.18. The Labute approximate surface area is 197 Å². The number of hydrogen-bond donors (Lipinski definition) is 1. The molecule has 0 radical (unpaired) electrons. The molecule has 1 amide bonds. The van der Waals surface area contributed by atoms with E-state index in [1.807, 2.05) is 0 Å². The third kappa shape index (κ3) is 6.20. The number of amides is 1.